The van der Waals surface area contributed by atoms with Crippen LogP contribution in [0.15, 0.2) is 41.7 Å². The highest BCUT2D eigenvalue weighted by Gasteiger charge is 2.22. The summed E-state index contributed by atoms with van der Waals surface area (Å²) in [6.07, 6.45) is 3.45. The van der Waals surface area contributed by atoms with Gasteiger partial charge in [-0.1, -0.05) is 18.2 Å². The van der Waals surface area contributed by atoms with Crippen LogP contribution < -0.4 is 15.4 Å². The van der Waals surface area contributed by atoms with Crippen molar-refractivity contribution in [1.82, 2.24) is 20.2 Å². The first-order valence-electron chi connectivity index (χ1n) is 7.66. The summed E-state index contributed by atoms with van der Waals surface area (Å²) in [4.78, 5) is 8.01. The molecule has 2 heterocycles. The van der Waals surface area contributed by atoms with Crippen LogP contribution in [0, 0.1) is 0 Å². The number of alkyl halides is 2. The van der Waals surface area contributed by atoms with E-state index in [-0.39, 0.29) is 18.5 Å². The fourth-order valence-electron chi connectivity index (χ4n) is 2.62. The number of fused-ring (bicyclic) bond motifs is 1. The Morgan fingerprint density at radius 2 is 2.25 bits per heavy atom. The Morgan fingerprint density at radius 3 is 3.00 bits per heavy atom. The minimum atomic E-state index is -2.61. The zero-order valence-corrected chi connectivity index (χ0v) is 13.2. The number of guanidine groups is 1. The van der Waals surface area contributed by atoms with Crippen molar-refractivity contribution >= 4 is 5.96 Å². The summed E-state index contributed by atoms with van der Waals surface area (Å²) < 4.78 is 32.2. The molecular formula is C16H19F2N5O. The molecule has 24 heavy (non-hydrogen) atoms. The lowest BCUT2D eigenvalue weighted by Crippen LogP contribution is -2.42. The van der Waals surface area contributed by atoms with Gasteiger partial charge in [0.15, 0.2) is 5.96 Å². The van der Waals surface area contributed by atoms with Crippen molar-refractivity contribution in [2.24, 2.45) is 4.99 Å². The molecule has 0 fully saturated rings. The van der Waals surface area contributed by atoms with Crippen molar-refractivity contribution in [3.8, 4) is 5.75 Å². The smallest absolute Gasteiger partial charge is 0.319 e. The summed E-state index contributed by atoms with van der Waals surface area (Å²) in [5, 5.41) is 6.13. The minimum Gasteiger partial charge on any atom is -0.488 e. The molecule has 0 amide bonds. The van der Waals surface area contributed by atoms with Gasteiger partial charge in [0, 0.05) is 25.9 Å². The van der Waals surface area contributed by atoms with Crippen molar-refractivity contribution in [2.45, 2.75) is 25.6 Å². The standard InChI is InChI=1S/C16H19F2N5O/c1-19-16(22-10-14-20-6-7-23(14)15(17)18)21-9-12-8-11-4-2-3-5-13(11)24-12/h2-7,12,15H,8-10H2,1H3,(H2,19,21,22). The lowest BCUT2D eigenvalue weighted by Gasteiger charge is -2.15. The first kappa shape index (κ1) is 16.2. The quantitative estimate of drug-likeness (QED) is 0.648. The average molecular weight is 335 g/mol. The third-order valence-corrected chi connectivity index (χ3v) is 3.81. The van der Waals surface area contributed by atoms with Gasteiger partial charge in [-0.25, -0.2) is 4.98 Å². The normalized spacial score (nSPS) is 16.8. The van der Waals surface area contributed by atoms with Crippen molar-refractivity contribution in [1.29, 1.82) is 0 Å². The maximum atomic E-state index is 12.8. The van der Waals surface area contributed by atoms with Gasteiger partial charge in [-0.2, -0.15) is 8.78 Å². The van der Waals surface area contributed by atoms with Gasteiger partial charge in [0.1, 0.15) is 17.7 Å². The van der Waals surface area contributed by atoms with Gasteiger partial charge in [-0.05, 0) is 11.6 Å². The topological polar surface area (TPSA) is 63.5 Å². The van der Waals surface area contributed by atoms with E-state index in [1.165, 1.54) is 18.0 Å². The predicted octanol–water partition coefficient (Wildman–Crippen LogP) is 1.95. The van der Waals surface area contributed by atoms with Crippen molar-refractivity contribution < 1.29 is 13.5 Å². The van der Waals surface area contributed by atoms with Crippen LogP contribution in [0.25, 0.3) is 0 Å². The molecule has 2 aromatic rings. The van der Waals surface area contributed by atoms with Gasteiger partial charge in [0.2, 0.25) is 0 Å². The third-order valence-electron chi connectivity index (χ3n) is 3.81. The zero-order valence-electron chi connectivity index (χ0n) is 13.2. The fourth-order valence-corrected chi connectivity index (χ4v) is 2.62. The maximum absolute atomic E-state index is 12.8. The molecular weight excluding hydrogens is 316 g/mol. The Bertz CT molecular complexity index is 691. The van der Waals surface area contributed by atoms with Crippen LogP contribution in [0.5, 0.6) is 5.75 Å². The number of imidazole rings is 1. The minimum absolute atomic E-state index is 0.0176. The molecule has 1 atom stereocenters. The number of hydrogen-bond acceptors (Lipinski definition) is 3. The van der Waals surface area contributed by atoms with Crippen LogP contribution in [-0.2, 0) is 13.0 Å². The van der Waals surface area contributed by atoms with E-state index in [9.17, 15) is 8.78 Å². The van der Waals surface area contributed by atoms with Crippen LogP contribution >= 0.6 is 0 Å². The molecule has 0 saturated heterocycles. The van der Waals surface area contributed by atoms with Crippen LogP contribution in [0.3, 0.4) is 0 Å². The first-order valence-corrected chi connectivity index (χ1v) is 7.66. The van der Waals surface area contributed by atoms with Gasteiger partial charge in [0.05, 0.1) is 13.1 Å². The van der Waals surface area contributed by atoms with Crippen LogP contribution in [-0.4, -0.2) is 35.2 Å². The van der Waals surface area contributed by atoms with E-state index in [4.69, 9.17) is 4.74 Å². The molecule has 1 aromatic heterocycles. The Hall–Kier alpha value is -2.64. The molecule has 128 valence electrons. The maximum Gasteiger partial charge on any atom is 0.319 e. The average Bonchev–Trinajstić information content (AvgIpc) is 3.21. The van der Waals surface area contributed by atoms with Gasteiger partial charge >= 0.3 is 6.55 Å². The second kappa shape index (κ2) is 7.29. The molecule has 0 spiro atoms. The highest BCUT2D eigenvalue weighted by molar-refractivity contribution is 5.79. The van der Waals surface area contributed by atoms with Crippen LogP contribution in [0.4, 0.5) is 8.78 Å². The van der Waals surface area contributed by atoms with E-state index >= 15 is 0 Å². The number of ether oxygens (including phenoxy) is 1. The van der Waals surface area contributed by atoms with E-state index in [0.29, 0.717) is 12.5 Å². The molecule has 0 bridgehead atoms. The molecule has 1 aliphatic rings. The molecule has 8 heteroatoms. The number of aliphatic imine (C=N–C) groups is 1. The van der Waals surface area contributed by atoms with Crippen LogP contribution in [0.2, 0.25) is 0 Å². The number of hydrogen-bond donors (Lipinski definition) is 2. The van der Waals surface area contributed by atoms with Gasteiger partial charge in [0.25, 0.3) is 0 Å². The lowest BCUT2D eigenvalue weighted by atomic mass is 10.1. The largest absolute Gasteiger partial charge is 0.488 e. The van der Waals surface area contributed by atoms with E-state index in [1.807, 2.05) is 24.3 Å². The number of halogens is 2. The van der Waals surface area contributed by atoms with E-state index in [1.54, 1.807) is 7.05 Å². The Balaban J connectivity index is 1.49. The fraction of sp³-hybridized carbons (Fsp3) is 0.375. The van der Waals surface area contributed by atoms with E-state index in [0.717, 1.165) is 16.7 Å². The monoisotopic (exact) mass is 335 g/mol. The first-order chi connectivity index (χ1) is 11.7. The Morgan fingerprint density at radius 1 is 1.42 bits per heavy atom. The Labute approximate surface area is 138 Å². The number of nitrogens with zero attached hydrogens (tertiary/aromatic N) is 3. The van der Waals surface area contributed by atoms with E-state index < -0.39 is 6.55 Å². The van der Waals surface area contributed by atoms with Gasteiger partial charge in [-0.3, -0.25) is 9.56 Å². The molecule has 1 unspecified atom stereocenters. The van der Waals surface area contributed by atoms with Crippen molar-refractivity contribution in [3.63, 3.8) is 0 Å². The summed E-state index contributed by atoms with van der Waals surface area (Å²) >= 11 is 0. The summed E-state index contributed by atoms with van der Waals surface area (Å²) in [6, 6.07) is 7.93. The molecule has 0 aliphatic carbocycles. The highest BCUT2D eigenvalue weighted by Crippen LogP contribution is 2.27. The SMILES string of the molecule is CN=C(NCc1nccn1C(F)F)NCC1Cc2ccccc2O1. The zero-order chi connectivity index (χ0) is 16.9. The Kier molecular flexibility index (Phi) is 4.93. The molecule has 2 N–H and O–H groups in total. The number of rotatable bonds is 5. The summed E-state index contributed by atoms with van der Waals surface area (Å²) in [7, 11) is 1.62. The predicted molar refractivity (Wildman–Crippen MR) is 86.2 cm³/mol. The molecule has 1 aromatic carbocycles. The molecule has 3 rings (SSSR count). The number of aromatic nitrogens is 2. The molecule has 0 radical (unpaired) electrons. The third kappa shape index (κ3) is 3.64. The van der Waals surface area contributed by atoms with Crippen LogP contribution in [0.1, 0.15) is 17.9 Å². The van der Waals surface area contributed by atoms with E-state index in [2.05, 4.69) is 20.6 Å². The molecule has 1 aliphatic heterocycles. The number of para-hydroxylation sites is 1. The highest BCUT2D eigenvalue weighted by atomic mass is 19.3. The number of benzene rings is 1. The molecule has 6 nitrogen and oxygen atoms in total. The van der Waals surface area contributed by atoms with Gasteiger partial charge < -0.3 is 15.4 Å². The van der Waals surface area contributed by atoms with Gasteiger partial charge in [-0.15, -0.1) is 0 Å². The number of nitrogens with one attached hydrogen (secondary N) is 2. The summed E-state index contributed by atoms with van der Waals surface area (Å²) in [5.74, 6) is 1.67. The molecule has 0 saturated carbocycles. The van der Waals surface area contributed by atoms with Crippen molar-refractivity contribution in [2.75, 3.05) is 13.6 Å². The second-order valence-corrected chi connectivity index (χ2v) is 5.39. The van der Waals surface area contributed by atoms with Crippen molar-refractivity contribution in [3.05, 3.63) is 48.0 Å². The second-order valence-electron chi connectivity index (χ2n) is 5.39. The lowest BCUT2D eigenvalue weighted by molar-refractivity contribution is 0.0668. The summed E-state index contributed by atoms with van der Waals surface area (Å²) in [5.41, 5.74) is 1.19. The summed E-state index contributed by atoms with van der Waals surface area (Å²) in [6.45, 7) is -1.88.